The molecule has 0 unspecified atom stereocenters. The van der Waals surface area contributed by atoms with Gasteiger partial charge in [0.1, 0.15) is 11.5 Å². The predicted octanol–water partition coefficient (Wildman–Crippen LogP) is 3.48. The molecule has 1 aromatic rings. The summed E-state index contributed by atoms with van der Waals surface area (Å²) in [6.45, 7) is 0.0134. The summed E-state index contributed by atoms with van der Waals surface area (Å²) in [5.41, 5.74) is 0.468. The van der Waals surface area contributed by atoms with E-state index >= 15 is 0 Å². The summed E-state index contributed by atoms with van der Waals surface area (Å²) in [7, 11) is 2.83. The van der Waals surface area contributed by atoms with Crippen molar-refractivity contribution >= 4 is 15.9 Å². The van der Waals surface area contributed by atoms with Crippen LogP contribution in [0.3, 0.4) is 0 Å². The highest BCUT2D eigenvalue weighted by Crippen LogP contribution is 2.36. The summed E-state index contributed by atoms with van der Waals surface area (Å²) < 4.78 is 55.8. The Labute approximate surface area is 116 Å². The van der Waals surface area contributed by atoms with E-state index in [4.69, 9.17) is 14.2 Å². The Bertz CT molecular complexity index is 423. The van der Waals surface area contributed by atoms with Gasteiger partial charge in [-0.05, 0) is 27.6 Å². The molecule has 0 N–H and O–H groups in total. The Hall–Kier alpha value is -0.990. The zero-order valence-corrected chi connectivity index (χ0v) is 11.8. The molecule has 0 aliphatic carbocycles. The molecule has 0 spiro atoms. The zero-order valence-electron chi connectivity index (χ0n) is 10.2. The largest absolute Gasteiger partial charge is 0.573 e. The molecule has 8 heteroatoms. The van der Waals surface area contributed by atoms with Crippen molar-refractivity contribution in [1.29, 1.82) is 0 Å². The fourth-order valence-corrected chi connectivity index (χ4v) is 1.77. The maximum absolute atomic E-state index is 12.2. The number of rotatable bonds is 6. The third-order valence-electron chi connectivity index (χ3n) is 1.95. The van der Waals surface area contributed by atoms with Gasteiger partial charge in [-0.3, -0.25) is 0 Å². The molecule has 19 heavy (non-hydrogen) atoms. The fourth-order valence-electron chi connectivity index (χ4n) is 1.31. The van der Waals surface area contributed by atoms with Gasteiger partial charge in [0.2, 0.25) is 0 Å². The number of hydrogen-bond donors (Lipinski definition) is 0. The second-order valence-electron chi connectivity index (χ2n) is 3.43. The molecule has 0 radical (unpaired) electrons. The Balaban J connectivity index is 3.07. The van der Waals surface area contributed by atoms with E-state index in [2.05, 4.69) is 20.7 Å². The number of benzene rings is 1. The standard InChI is InChI=1S/C11H12BrF3O4/c1-16-5-7-3-8(19-11(13,14)15)4-9(10(7)12)18-6-17-2/h3-4H,5-6H2,1-2H3. The molecular formula is C11H12BrF3O4. The lowest BCUT2D eigenvalue weighted by atomic mass is 10.2. The van der Waals surface area contributed by atoms with Crippen LogP contribution in [-0.2, 0) is 16.1 Å². The quantitative estimate of drug-likeness (QED) is 0.740. The van der Waals surface area contributed by atoms with Crippen molar-refractivity contribution in [2.45, 2.75) is 13.0 Å². The molecule has 0 saturated carbocycles. The molecule has 0 amide bonds. The first-order chi connectivity index (χ1) is 8.87. The first-order valence-electron chi connectivity index (χ1n) is 5.06. The molecule has 0 atom stereocenters. The van der Waals surface area contributed by atoms with E-state index in [1.54, 1.807) is 0 Å². The fraction of sp³-hybridized carbons (Fsp3) is 0.455. The van der Waals surface area contributed by atoms with Crippen molar-refractivity contribution in [3.63, 3.8) is 0 Å². The number of methoxy groups -OCH3 is 2. The van der Waals surface area contributed by atoms with Crippen molar-refractivity contribution in [2.24, 2.45) is 0 Å². The second-order valence-corrected chi connectivity index (χ2v) is 4.22. The first-order valence-corrected chi connectivity index (χ1v) is 5.85. The third-order valence-corrected chi connectivity index (χ3v) is 2.85. The van der Waals surface area contributed by atoms with Crippen LogP contribution >= 0.6 is 15.9 Å². The normalized spacial score (nSPS) is 11.5. The first kappa shape index (κ1) is 16.1. The minimum Gasteiger partial charge on any atom is -0.466 e. The SMILES string of the molecule is COCOc1cc(OC(F)(F)F)cc(COC)c1Br. The second kappa shape index (κ2) is 6.97. The monoisotopic (exact) mass is 344 g/mol. The highest BCUT2D eigenvalue weighted by atomic mass is 79.9. The molecule has 0 aliphatic heterocycles. The van der Waals surface area contributed by atoms with Gasteiger partial charge in [0.15, 0.2) is 6.79 Å². The van der Waals surface area contributed by atoms with Gasteiger partial charge in [0.05, 0.1) is 11.1 Å². The Kier molecular flexibility index (Phi) is 5.89. The van der Waals surface area contributed by atoms with Crippen LogP contribution in [0.5, 0.6) is 11.5 Å². The van der Waals surface area contributed by atoms with Crippen LogP contribution in [0.4, 0.5) is 13.2 Å². The Morgan fingerprint density at radius 2 is 1.84 bits per heavy atom. The van der Waals surface area contributed by atoms with E-state index in [1.807, 2.05) is 0 Å². The molecule has 0 bridgehead atoms. The van der Waals surface area contributed by atoms with Gasteiger partial charge >= 0.3 is 6.36 Å². The van der Waals surface area contributed by atoms with Gasteiger partial charge in [-0.1, -0.05) is 0 Å². The maximum atomic E-state index is 12.2. The molecule has 108 valence electrons. The molecule has 0 saturated heterocycles. The molecule has 0 aliphatic rings. The van der Waals surface area contributed by atoms with E-state index in [-0.39, 0.29) is 24.9 Å². The molecular weight excluding hydrogens is 333 g/mol. The molecule has 0 fully saturated rings. The number of ether oxygens (including phenoxy) is 4. The van der Waals surface area contributed by atoms with E-state index in [9.17, 15) is 13.2 Å². The van der Waals surface area contributed by atoms with Gasteiger partial charge in [-0.25, -0.2) is 0 Å². The Morgan fingerprint density at radius 1 is 1.16 bits per heavy atom. The van der Waals surface area contributed by atoms with Crippen molar-refractivity contribution in [3.8, 4) is 11.5 Å². The molecule has 1 aromatic carbocycles. The molecule has 0 aromatic heterocycles. The Morgan fingerprint density at radius 3 is 2.37 bits per heavy atom. The summed E-state index contributed by atoms with van der Waals surface area (Å²) in [5.74, 6) is -0.204. The van der Waals surface area contributed by atoms with Gasteiger partial charge < -0.3 is 18.9 Å². The lowest BCUT2D eigenvalue weighted by molar-refractivity contribution is -0.274. The van der Waals surface area contributed by atoms with Gasteiger partial charge in [0, 0.05) is 20.3 Å². The van der Waals surface area contributed by atoms with E-state index < -0.39 is 6.36 Å². The van der Waals surface area contributed by atoms with Crippen LogP contribution in [0, 0.1) is 0 Å². The van der Waals surface area contributed by atoms with Crippen LogP contribution in [0.2, 0.25) is 0 Å². The average molecular weight is 345 g/mol. The highest BCUT2D eigenvalue weighted by molar-refractivity contribution is 9.10. The van der Waals surface area contributed by atoms with Gasteiger partial charge in [0.25, 0.3) is 0 Å². The van der Waals surface area contributed by atoms with Crippen LogP contribution in [0.25, 0.3) is 0 Å². The minimum atomic E-state index is -4.77. The average Bonchev–Trinajstić information content (AvgIpc) is 2.29. The summed E-state index contributed by atoms with van der Waals surface area (Å²) in [4.78, 5) is 0. The topological polar surface area (TPSA) is 36.9 Å². The summed E-state index contributed by atoms with van der Waals surface area (Å²) >= 11 is 3.23. The van der Waals surface area contributed by atoms with Crippen LogP contribution in [0.1, 0.15) is 5.56 Å². The van der Waals surface area contributed by atoms with Gasteiger partial charge in [-0.2, -0.15) is 0 Å². The summed E-state index contributed by atoms with van der Waals surface area (Å²) in [6.07, 6.45) is -4.77. The zero-order chi connectivity index (χ0) is 14.5. The van der Waals surface area contributed by atoms with Crippen molar-refractivity contribution < 1.29 is 32.1 Å². The number of halogens is 4. The third kappa shape index (κ3) is 5.25. The summed E-state index contributed by atoms with van der Waals surface area (Å²) in [5, 5.41) is 0. The smallest absolute Gasteiger partial charge is 0.466 e. The minimum absolute atomic E-state index is 0.0967. The number of hydrogen-bond acceptors (Lipinski definition) is 4. The number of alkyl halides is 3. The van der Waals surface area contributed by atoms with Crippen LogP contribution < -0.4 is 9.47 Å². The van der Waals surface area contributed by atoms with Crippen molar-refractivity contribution in [2.75, 3.05) is 21.0 Å². The molecule has 0 heterocycles. The van der Waals surface area contributed by atoms with Crippen LogP contribution in [-0.4, -0.2) is 27.4 Å². The summed E-state index contributed by atoms with van der Waals surface area (Å²) in [6, 6.07) is 2.34. The lowest BCUT2D eigenvalue weighted by Gasteiger charge is -2.15. The van der Waals surface area contributed by atoms with E-state index in [0.29, 0.717) is 10.0 Å². The predicted molar refractivity (Wildman–Crippen MR) is 64.0 cm³/mol. The molecule has 1 rings (SSSR count). The highest BCUT2D eigenvalue weighted by Gasteiger charge is 2.31. The maximum Gasteiger partial charge on any atom is 0.573 e. The van der Waals surface area contributed by atoms with Crippen LogP contribution in [0.15, 0.2) is 16.6 Å². The van der Waals surface area contributed by atoms with Gasteiger partial charge in [-0.15, -0.1) is 13.2 Å². The van der Waals surface area contributed by atoms with Crippen molar-refractivity contribution in [3.05, 3.63) is 22.2 Å². The lowest BCUT2D eigenvalue weighted by Crippen LogP contribution is -2.17. The van der Waals surface area contributed by atoms with Crippen molar-refractivity contribution in [1.82, 2.24) is 0 Å². The molecule has 4 nitrogen and oxygen atoms in total. The van der Waals surface area contributed by atoms with E-state index in [1.165, 1.54) is 20.3 Å². The van der Waals surface area contributed by atoms with E-state index in [0.717, 1.165) is 6.07 Å².